The highest BCUT2D eigenvalue weighted by Crippen LogP contribution is 2.04. The monoisotopic (exact) mass is 199 g/mol. The van der Waals surface area contributed by atoms with Crippen LogP contribution in [0, 0.1) is 0 Å². The topological polar surface area (TPSA) is 48.3 Å². The molecule has 0 bridgehead atoms. The van der Waals surface area contributed by atoms with Gasteiger partial charge in [0.2, 0.25) is 0 Å². The van der Waals surface area contributed by atoms with Crippen molar-refractivity contribution in [3.63, 3.8) is 0 Å². The van der Waals surface area contributed by atoms with Crippen molar-refractivity contribution in [1.82, 2.24) is 9.78 Å². The zero-order chi connectivity index (χ0) is 10.2. The van der Waals surface area contributed by atoms with E-state index in [1.54, 1.807) is 20.4 Å². The Labute approximate surface area is 84.0 Å². The van der Waals surface area contributed by atoms with Crippen molar-refractivity contribution >= 4 is 5.82 Å². The van der Waals surface area contributed by atoms with Crippen LogP contribution < -0.4 is 5.32 Å². The number of hydrogen-bond donors (Lipinski definition) is 1. The van der Waals surface area contributed by atoms with E-state index in [0.29, 0.717) is 13.2 Å². The molecular weight excluding hydrogens is 182 g/mol. The fourth-order valence-corrected chi connectivity index (χ4v) is 1.12. The first-order chi connectivity index (χ1) is 6.88. The van der Waals surface area contributed by atoms with Crippen LogP contribution >= 0.6 is 0 Å². The second-order valence-corrected chi connectivity index (χ2v) is 2.85. The summed E-state index contributed by atoms with van der Waals surface area (Å²) in [5.41, 5.74) is 0. The summed E-state index contributed by atoms with van der Waals surface area (Å²) in [6, 6.07) is 1.94. The Morgan fingerprint density at radius 1 is 1.36 bits per heavy atom. The molecule has 1 aromatic rings. The minimum Gasteiger partial charge on any atom is -0.383 e. The van der Waals surface area contributed by atoms with Gasteiger partial charge in [0.1, 0.15) is 5.82 Å². The third kappa shape index (κ3) is 3.35. The molecule has 0 aliphatic carbocycles. The first kappa shape index (κ1) is 11.0. The molecule has 0 aliphatic heterocycles. The molecule has 0 spiro atoms. The third-order valence-corrected chi connectivity index (χ3v) is 1.84. The Morgan fingerprint density at radius 2 is 2.14 bits per heavy atom. The zero-order valence-electron chi connectivity index (χ0n) is 8.69. The fourth-order valence-electron chi connectivity index (χ4n) is 1.12. The van der Waals surface area contributed by atoms with Crippen LogP contribution in [-0.2, 0) is 16.0 Å². The molecule has 0 fully saturated rings. The van der Waals surface area contributed by atoms with Crippen LogP contribution in [0.25, 0.3) is 0 Å². The predicted octanol–water partition coefficient (Wildman–Crippen LogP) is 0.588. The Balaban J connectivity index is 2.37. The summed E-state index contributed by atoms with van der Waals surface area (Å²) < 4.78 is 11.8. The fraction of sp³-hybridized carbons (Fsp3) is 0.667. The quantitative estimate of drug-likeness (QED) is 0.653. The van der Waals surface area contributed by atoms with E-state index in [0.717, 1.165) is 18.9 Å². The molecule has 0 saturated heterocycles. The molecule has 80 valence electrons. The van der Waals surface area contributed by atoms with Gasteiger partial charge in [0.05, 0.1) is 26.0 Å². The van der Waals surface area contributed by atoms with Crippen molar-refractivity contribution in [2.45, 2.75) is 6.54 Å². The van der Waals surface area contributed by atoms with Gasteiger partial charge in [-0.2, -0.15) is 5.10 Å². The lowest BCUT2D eigenvalue weighted by molar-refractivity contribution is 0.184. The summed E-state index contributed by atoms with van der Waals surface area (Å²) in [6.07, 6.45) is 1.77. The average molecular weight is 199 g/mol. The van der Waals surface area contributed by atoms with Gasteiger partial charge in [0.15, 0.2) is 0 Å². The highest BCUT2D eigenvalue weighted by atomic mass is 16.5. The summed E-state index contributed by atoms with van der Waals surface area (Å²) in [7, 11) is 3.37. The van der Waals surface area contributed by atoms with Gasteiger partial charge < -0.3 is 14.8 Å². The maximum Gasteiger partial charge on any atom is 0.124 e. The van der Waals surface area contributed by atoms with Crippen LogP contribution in [0.15, 0.2) is 12.3 Å². The van der Waals surface area contributed by atoms with Crippen molar-refractivity contribution < 1.29 is 9.47 Å². The third-order valence-electron chi connectivity index (χ3n) is 1.84. The molecule has 1 aromatic heterocycles. The molecule has 0 atom stereocenters. The lowest BCUT2D eigenvalue weighted by Gasteiger charge is -2.08. The number of nitrogens with zero attached hydrogens (tertiary/aromatic N) is 2. The summed E-state index contributed by atoms with van der Waals surface area (Å²) in [6.45, 7) is 2.91. The normalized spacial score (nSPS) is 10.4. The first-order valence-corrected chi connectivity index (χ1v) is 4.62. The Bertz CT molecular complexity index is 250. The number of ether oxygens (including phenoxy) is 2. The van der Waals surface area contributed by atoms with Gasteiger partial charge in [-0.15, -0.1) is 0 Å². The number of hydrogen-bond acceptors (Lipinski definition) is 4. The zero-order valence-corrected chi connectivity index (χ0v) is 8.69. The molecule has 1 N–H and O–H groups in total. The van der Waals surface area contributed by atoms with Gasteiger partial charge in [-0.05, 0) is 0 Å². The second kappa shape index (κ2) is 6.39. The predicted molar refractivity (Wildman–Crippen MR) is 54.5 cm³/mol. The summed E-state index contributed by atoms with van der Waals surface area (Å²) in [5, 5.41) is 7.39. The van der Waals surface area contributed by atoms with Gasteiger partial charge in [-0.1, -0.05) is 0 Å². The maximum atomic E-state index is 4.98. The molecule has 0 amide bonds. The Kier molecular flexibility index (Phi) is 5.03. The number of methoxy groups -OCH3 is 2. The highest BCUT2D eigenvalue weighted by molar-refractivity contribution is 5.33. The van der Waals surface area contributed by atoms with Gasteiger partial charge in [0, 0.05) is 26.8 Å². The number of rotatable bonds is 7. The molecule has 0 unspecified atom stereocenters. The van der Waals surface area contributed by atoms with Gasteiger partial charge in [-0.3, -0.25) is 0 Å². The van der Waals surface area contributed by atoms with Crippen LogP contribution in [0.5, 0.6) is 0 Å². The van der Waals surface area contributed by atoms with Crippen molar-refractivity contribution in [2.75, 3.05) is 39.3 Å². The minimum atomic E-state index is 0.667. The van der Waals surface area contributed by atoms with E-state index >= 15 is 0 Å². The van der Waals surface area contributed by atoms with Crippen LogP contribution in [0.2, 0.25) is 0 Å². The molecule has 1 rings (SSSR count). The molecule has 5 heteroatoms. The van der Waals surface area contributed by atoms with E-state index in [-0.39, 0.29) is 0 Å². The number of nitrogens with one attached hydrogen (secondary N) is 1. The second-order valence-electron chi connectivity index (χ2n) is 2.85. The summed E-state index contributed by atoms with van der Waals surface area (Å²) in [5.74, 6) is 0.999. The lowest BCUT2D eigenvalue weighted by atomic mass is 10.5. The molecule has 14 heavy (non-hydrogen) atoms. The molecule has 5 nitrogen and oxygen atoms in total. The lowest BCUT2D eigenvalue weighted by Crippen LogP contribution is -2.14. The van der Waals surface area contributed by atoms with Crippen molar-refractivity contribution in [2.24, 2.45) is 0 Å². The molecule has 0 aromatic carbocycles. The summed E-state index contributed by atoms with van der Waals surface area (Å²) >= 11 is 0. The van der Waals surface area contributed by atoms with Crippen molar-refractivity contribution in [3.8, 4) is 0 Å². The van der Waals surface area contributed by atoms with E-state index in [9.17, 15) is 0 Å². The smallest absolute Gasteiger partial charge is 0.124 e. The first-order valence-electron chi connectivity index (χ1n) is 4.62. The van der Waals surface area contributed by atoms with E-state index < -0.39 is 0 Å². The molecular formula is C9H17N3O2. The van der Waals surface area contributed by atoms with Gasteiger partial charge >= 0.3 is 0 Å². The van der Waals surface area contributed by atoms with E-state index in [1.807, 2.05) is 10.7 Å². The number of aromatic nitrogens is 2. The minimum absolute atomic E-state index is 0.667. The van der Waals surface area contributed by atoms with Crippen LogP contribution in [-0.4, -0.2) is 43.8 Å². The van der Waals surface area contributed by atoms with Crippen molar-refractivity contribution in [3.05, 3.63) is 12.3 Å². The summed E-state index contributed by atoms with van der Waals surface area (Å²) in [4.78, 5) is 0. The maximum absolute atomic E-state index is 4.98. The molecule has 0 radical (unpaired) electrons. The number of anilines is 1. The van der Waals surface area contributed by atoms with Crippen LogP contribution in [0.3, 0.4) is 0 Å². The largest absolute Gasteiger partial charge is 0.383 e. The molecule has 0 aliphatic rings. The van der Waals surface area contributed by atoms with Crippen molar-refractivity contribution in [1.29, 1.82) is 0 Å². The SMILES string of the molecule is COCCNc1ccnn1CCOC. The van der Waals surface area contributed by atoms with E-state index in [4.69, 9.17) is 9.47 Å². The Hall–Kier alpha value is -1.07. The highest BCUT2D eigenvalue weighted by Gasteiger charge is 1.99. The average Bonchev–Trinajstić information content (AvgIpc) is 2.63. The van der Waals surface area contributed by atoms with Crippen LogP contribution in [0.4, 0.5) is 5.82 Å². The molecule has 0 saturated carbocycles. The van der Waals surface area contributed by atoms with E-state index in [2.05, 4.69) is 10.4 Å². The van der Waals surface area contributed by atoms with Gasteiger partial charge in [0.25, 0.3) is 0 Å². The van der Waals surface area contributed by atoms with Crippen LogP contribution in [0.1, 0.15) is 0 Å². The Morgan fingerprint density at radius 3 is 2.86 bits per heavy atom. The molecule has 1 heterocycles. The standard InChI is InChI=1S/C9H17N3O2/c1-13-7-5-10-9-3-4-11-12(9)6-8-14-2/h3-4,10H,5-8H2,1-2H3. The van der Waals surface area contributed by atoms with E-state index in [1.165, 1.54) is 0 Å². The van der Waals surface area contributed by atoms with Gasteiger partial charge in [-0.25, -0.2) is 4.68 Å².